The van der Waals surface area contributed by atoms with Gasteiger partial charge in [-0.25, -0.2) is 0 Å². The minimum atomic E-state index is -0.192. The van der Waals surface area contributed by atoms with Gasteiger partial charge >= 0.3 is 0 Å². The van der Waals surface area contributed by atoms with E-state index in [0.717, 1.165) is 18.4 Å². The first-order valence-electron chi connectivity index (χ1n) is 4.76. The van der Waals surface area contributed by atoms with Crippen molar-refractivity contribution in [3.8, 4) is 0 Å². The number of aliphatic hydroxyl groups is 1. The van der Waals surface area contributed by atoms with Crippen LogP contribution in [0, 0.1) is 11.3 Å². The molecule has 0 heterocycles. The van der Waals surface area contributed by atoms with E-state index in [-0.39, 0.29) is 6.10 Å². The Kier molecular flexibility index (Phi) is 2.62. The van der Waals surface area contributed by atoms with Gasteiger partial charge in [0.05, 0.1) is 6.10 Å². The molecule has 0 radical (unpaired) electrons. The predicted octanol–water partition coefficient (Wildman–Crippen LogP) is 2.75. The van der Waals surface area contributed by atoms with E-state index in [1.807, 2.05) is 6.92 Å². The summed E-state index contributed by atoms with van der Waals surface area (Å²) in [5, 5.41) is 9.64. The topological polar surface area (TPSA) is 20.2 Å². The quantitative estimate of drug-likeness (QED) is 0.551. The summed E-state index contributed by atoms with van der Waals surface area (Å²) >= 11 is 0. The average Bonchev–Trinajstić information content (AvgIpc) is 1.92. The van der Waals surface area contributed by atoms with Crippen LogP contribution in [0.2, 0.25) is 0 Å². The van der Waals surface area contributed by atoms with Crippen molar-refractivity contribution in [2.24, 2.45) is 11.3 Å². The van der Waals surface area contributed by atoms with Crippen LogP contribution in [-0.4, -0.2) is 11.2 Å². The fraction of sp³-hybridized carbons (Fsp3) is 0.818. The summed E-state index contributed by atoms with van der Waals surface area (Å²) in [4.78, 5) is 0. The van der Waals surface area contributed by atoms with Gasteiger partial charge in [0, 0.05) is 0 Å². The van der Waals surface area contributed by atoms with E-state index in [1.165, 1.54) is 0 Å². The monoisotopic (exact) mass is 168 g/mol. The molecular formula is C11H20O. The molecule has 0 aromatic heterocycles. The molecule has 1 heteroatoms. The maximum atomic E-state index is 9.64. The molecule has 0 aromatic rings. The lowest BCUT2D eigenvalue weighted by Gasteiger charge is -2.35. The lowest BCUT2D eigenvalue weighted by molar-refractivity contribution is 0.116. The lowest BCUT2D eigenvalue weighted by atomic mass is 9.72. The highest BCUT2D eigenvalue weighted by Gasteiger charge is 2.29. The van der Waals surface area contributed by atoms with E-state index in [4.69, 9.17) is 0 Å². The minimum absolute atomic E-state index is 0.192. The van der Waals surface area contributed by atoms with Crippen LogP contribution in [0.5, 0.6) is 0 Å². The third kappa shape index (κ3) is 2.10. The van der Waals surface area contributed by atoms with Crippen molar-refractivity contribution in [2.45, 2.75) is 46.6 Å². The molecule has 0 fully saturated rings. The summed E-state index contributed by atoms with van der Waals surface area (Å²) in [7, 11) is 0. The van der Waals surface area contributed by atoms with Crippen LogP contribution in [0.4, 0.5) is 0 Å². The standard InChI is InChI=1S/C11H20O/c1-8-5-6-9(7-10(8)12)11(2,3)4/h5,9-10,12H,6-7H2,1-4H3. The van der Waals surface area contributed by atoms with Crippen LogP contribution in [0.25, 0.3) is 0 Å². The molecule has 2 atom stereocenters. The second-order valence-electron chi connectivity index (χ2n) is 5.00. The number of hydrogen-bond donors (Lipinski definition) is 1. The molecule has 12 heavy (non-hydrogen) atoms. The number of allylic oxidation sites excluding steroid dienone is 1. The highest BCUT2D eigenvalue weighted by atomic mass is 16.3. The van der Waals surface area contributed by atoms with Crippen molar-refractivity contribution in [1.82, 2.24) is 0 Å². The van der Waals surface area contributed by atoms with Gasteiger partial charge in [0.25, 0.3) is 0 Å². The van der Waals surface area contributed by atoms with Gasteiger partial charge in [-0.3, -0.25) is 0 Å². The second kappa shape index (κ2) is 3.21. The Bertz CT molecular complexity index is 186. The Hall–Kier alpha value is -0.300. The second-order valence-corrected chi connectivity index (χ2v) is 5.00. The smallest absolute Gasteiger partial charge is 0.0750 e. The molecule has 1 nitrogen and oxygen atoms in total. The zero-order chi connectivity index (χ0) is 9.35. The first-order chi connectivity index (χ1) is 5.41. The molecule has 1 N–H and O–H groups in total. The largest absolute Gasteiger partial charge is 0.389 e. The maximum Gasteiger partial charge on any atom is 0.0750 e. The average molecular weight is 168 g/mol. The maximum absolute atomic E-state index is 9.64. The van der Waals surface area contributed by atoms with Crippen molar-refractivity contribution in [1.29, 1.82) is 0 Å². The first kappa shape index (κ1) is 9.79. The van der Waals surface area contributed by atoms with Crippen LogP contribution >= 0.6 is 0 Å². The summed E-state index contributed by atoms with van der Waals surface area (Å²) in [5.41, 5.74) is 1.48. The molecule has 0 spiro atoms. The first-order valence-corrected chi connectivity index (χ1v) is 4.76. The summed E-state index contributed by atoms with van der Waals surface area (Å²) in [6.07, 6.45) is 4.06. The molecule has 0 aliphatic heterocycles. The Labute approximate surface area is 75.5 Å². The van der Waals surface area contributed by atoms with Gasteiger partial charge in [-0.05, 0) is 36.7 Å². The zero-order valence-corrected chi connectivity index (χ0v) is 8.59. The van der Waals surface area contributed by atoms with Gasteiger partial charge in [0.2, 0.25) is 0 Å². The molecule has 1 aliphatic carbocycles. The van der Waals surface area contributed by atoms with E-state index in [1.54, 1.807) is 0 Å². The molecule has 1 aliphatic rings. The van der Waals surface area contributed by atoms with Gasteiger partial charge in [0.1, 0.15) is 0 Å². The fourth-order valence-corrected chi connectivity index (χ4v) is 1.72. The van der Waals surface area contributed by atoms with Gasteiger partial charge in [-0.1, -0.05) is 26.8 Å². The lowest BCUT2D eigenvalue weighted by Crippen LogP contribution is -2.28. The van der Waals surface area contributed by atoms with E-state index in [2.05, 4.69) is 26.8 Å². The van der Waals surface area contributed by atoms with Gasteiger partial charge < -0.3 is 5.11 Å². The van der Waals surface area contributed by atoms with Crippen molar-refractivity contribution in [2.75, 3.05) is 0 Å². The Morgan fingerprint density at radius 2 is 2.00 bits per heavy atom. The number of rotatable bonds is 0. The molecule has 0 aromatic carbocycles. The van der Waals surface area contributed by atoms with Gasteiger partial charge in [-0.15, -0.1) is 0 Å². The molecule has 2 unspecified atom stereocenters. The van der Waals surface area contributed by atoms with Crippen molar-refractivity contribution < 1.29 is 5.11 Å². The Morgan fingerprint density at radius 3 is 2.42 bits per heavy atom. The molecule has 0 bridgehead atoms. The van der Waals surface area contributed by atoms with Crippen molar-refractivity contribution >= 4 is 0 Å². The van der Waals surface area contributed by atoms with E-state index < -0.39 is 0 Å². The molecule has 0 amide bonds. The molecule has 1 rings (SSSR count). The van der Waals surface area contributed by atoms with E-state index >= 15 is 0 Å². The molecule has 0 saturated heterocycles. The van der Waals surface area contributed by atoms with Crippen LogP contribution in [0.3, 0.4) is 0 Å². The van der Waals surface area contributed by atoms with Crippen LogP contribution in [0.1, 0.15) is 40.5 Å². The summed E-state index contributed by atoms with van der Waals surface area (Å²) < 4.78 is 0. The Morgan fingerprint density at radius 1 is 1.42 bits per heavy atom. The van der Waals surface area contributed by atoms with Crippen molar-refractivity contribution in [3.63, 3.8) is 0 Å². The fourth-order valence-electron chi connectivity index (χ4n) is 1.72. The van der Waals surface area contributed by atoms with E-state index in [9.17, 15) is 5.11 Å². The van der Waals surface area contributed by atoms with Crippen LogP contribution in [-0.2, 0) is 0 Å². The molecule has 70 valence electrons. The third-order valence-corrected chi connectivity index (χ3v) is 2.98. The van der Waals surface area contributed by atoms with Crippen LogP contribution < -0.4 is 0 Å². The summed E-state index contributed by atoms with van der Waals surface area (Å²) in [5.74, 6) is 0.635. The highest BCUT2D eigenvalue weighted by Crippen LogP contribution is 2.36. The summed E-state index contributed by atoms with van der Waals surface area (Å²) in [6, 6.07) is 0. The normalized spacial score (nSPS) is 31.6. The van der Waals surface area contributed by atoms with Crippen LogP contribution in [0.15, 0.2) is 11.6 Å². The molecular weight excluding hydrogens is 148 g/mol. The predicted molar refractivity (Wildman–Crippen MR) is 51.9 cm³/mol. The van der Waals surface area contributed by atoms with Gasteiger partial charge in [0.15, 0.2) is 0 Å². The summed E-state index contributed by atoms with van der Waals surface area (Å²) in [6.45, 7) is 8.76. The number of aliphatic hydroxyl groups excluding tert-OH is 1. The van der Waals surface area contributed by atoms with E-state index in [0.29, 0.717) is 11.3 Å². The minimum Gasteiger partial charge on any atom is -0.389 e. The Balaban J connectivity index is 2.65. The van der Waals surface area contributed by atoms with Gasteiger partial charge in [-0.2, -0.15) is 0 Å². The SMILES string of the molecule is CC1=CCC(C(C)(C)C)CC1O. The zero-order valence-electron chi connectivity index (χ0n) is 8.59. The third-order valence-electron chi connectivity index (χ3n) is 2.98. The van der Waals surface area contributed by atoms with Crippen molar-refractivity contribution in [3.05, 3.63) is 11.6 Å². The molecule has 0 saturated carbocycles. The highest BCUT2D eigenvalue weighted by molar-refractivity contribution is 5.10. The number of hydrogen-bond acceptors (Lipinski definition) is 1.